The maximum atomic E-state index is 11.5. The summed E-state index contributed by atoms with van der Waals surface area (Å²) in [6.45, 7) is 0.757. The summed E-state index contributed by atoms with van der Waals surface area (Å²) in [5.41, 5.74) is 2.04. The summed E-state index contributed by atoms with van der Waals surface area (Å²) in [6, 6.07) is 5.85. The molecule has 62 valence electrons. The van der Waals surface area contributed by atoms with E-state index in [4.69, 9.17) is 0 Å². The van der Waals surface area contributed by atoms with Crippen LogP contribution in [-0.4, -0.2) is 17.9 Å². The molecular weight excluding hydrogens is 265 g/mol. The van der Waals surface area contributed by atoms with Gasteiger partial charge in [-0.15, -0.1) is 0 Å². The smallest absolute Gasteiger partial charge is 0.254 e. The molecule has 2 nitrogen and oxygen atoms in total. The second-order valence-electron chi connectivity index (χ2n) is 2.93. The minimum atomic E-state index is 0.142. The van der Waals surface area contributed by atoms with E-state index in [2.05, 4.69) is 22.6 Å². The van der Waals surface area contributed by atoms with E-state index in [1.807, 2.05) is 25.2 Å². The highest BCUT2D eigenvalue weighted by molar-refractivity contribution is 14.1. The van der Waals surface area contributed by atoms with Crippen molar-refractivity contribution in [2.45, 2.75) is 6.54 Å². The van der Waals surface area contributed by atoms with E-state index in [0.717, 1.165) is 12.1 Å². The number of halogens is 1. The Morgan fingerprint density at radius 1 is 1.50 bits per heavy atom. The Morgan fingerprint density at radius 2 is 2.25 bits per heavy atom. The topological polar surface area (TPSA) is 20.3 Å². The zero-order valence-corrected chi connectivity index (χ0v) is 8.83. The molecule has 12 heavy (non-hydrogen) atoms. The molecule has 0 fully saturated rings. The van der Waals surface area contributed by atoms with E-state index in [1.54, 1.807) is 4.90 Å². The highest BCUT2D eigenvalue weighted by atomic mass is 127. The van der Waals surface area contributed by atoms with Crippen molar-refractivity contribution in [1.82, 2.24) is 4.90 Å². The molecule has 0 bridgehead atoms. The summed E-state index contributed by atoms with van der Waals surface area (Å²) in [5.74, 6) is 0.142. The van der Waals surface area contributed by atoms with E-state index >= 15 is 0 Å². The lowest BCUT2D eigenvalue weighted by Gasteiger charge is -2.04. The van der Waals surface area contributed by atoms with Gasteiger partial charge in [0.05, 0.1) is 0 Å². The van der Waals surface area contributed by atoms with Gasteiger partial charge in [0.15, 0.2) is 0 Å². The highest BCUT2D eigenvalue weighted by Crippen LogP contribution is 2.25. The molecule has 0 atom stereocenters. The molecule has 1 aliphatic rings. The molecule has 0 saturated heterocycles. The van der Waals surface area contributed by atoms with Crippen LogP contribution in [0.4, 0.5) is 0 Å². The van der Waals surface area contributed by atoms with Gasteiger partial charge in [-0.05, 0) is 40.3 Å². The molecule has 1 aromatic rings. The number of carbonyl (C=O) groups is 1. The third-order valence-corrected chi connectivity index (χ3v) is 3.10. The van der Waals surface area contributed by atoms with E-state index in [9.17, 15) is 4.79 Å². The predicted octanol–water partition coefficient (Wildman–Crippen LogP) is 1.88. The molecule has 0 saturated carbocycles. The Labute approximate surface area is 84.7 Å². The van der Waals surface area contributed by atoms with Crippen LogP contribution in [0, 0.1) is 3.57 Å². The fourth-order valence-corrected chi connectivity index (χ4v) is 2.10. The minimum absolute atomic E-state index is 0.142. The quantitative estimate of drug-likeness (QED) is 0.661. The molecule has 0 spiro atoms. The molecule has 0 aromatic heterocycles. The molecule has 1 aliphatic heterocycles. The lowest BCUT2D eigenvalue weighted by atomic mass is 10.1. The van der Waals surface area contributed by atoms with Crippen LogP contribution < -0.4 is 0 Å². The third-order valence-electron chi connectivity index (χ3n) is 2.09. The largest absolute Gasteiger partial charge is 0.337 e. The first-order valence-corrected chi connectivity index (χ1v) is 4.81. The Kier molecular flexibility index (Phi) is 1.83. The van der Waals surface area contributed by atoms with E-state index in [0.29, 0.717) is 0 Å². The highest BCUT2D eigenvalue weighted by Gasteiger charge is 2.25. The van der Waals surface area contributed by atoms with Gasteiger partial charge in [-0.3, -0.25) is 4.79 Å². The second-order valence-corrected chi connectivity index (χ2v) is 4.09. The fourth-order valence-electron chi connectivity index (χ4n) is 1.43. The Morgan fingerprint density at radius 3 is 2.92 bits per heavy atom. The van der Waals surface area contributed by atoms with E-state index < -0.39 is 0 Å². The van der Waals surface area contributed by atoms with Gasteiger partial charge in [0.1, 0.15) is 0 Å². The normalized spacial score (nSPS) is 15.2. The number of carbonyl (C=O) groups excluding carboxylic acids is 1. The predicted molar refractivity (Wildman–Crippen MR) is 55.0 cm³/mol. The molecule has 0 N–H and O–H groups in total. The summed E-state index contributed by atoms with van der Waals surface area (Å²) in [6.07, 6.45) is 0. The first-order chi connectivity index (χ1) is 5.70. The molecule has 0 unspecified atom stereocenters. The molecular formula is C9H8INO. The van der Waals surface area contributed by atoms with Gasteiger partial charge in [-0.1, -0.05) is 6.07 Å². The Hall–Kier alpha value is -0.580. The average Bonchev–Trinajstić information content (AvgIpc) is 2.32. The van der Waals surface area contributed by atoms with Crippen LogP contribution in [0.25, 0.3) is 0 Å². The van der Waals surface area contributed by atoms with Crippen LogP contribution in [0.5, 0.6) is 0 Å². The Bertz CT molecular complexity index is 348. The third kappa shape index (κ3) is 1.03. The van der Waals surface area contributed by atoms with Gasteiger partial charge < -0.3 is 4.90 Å². The summed E-state index contributed by atoms with van der Waals surface area (Å²) in [5, 5.41) is 0. The number of hydrogen-bond acceptors (Lipinski definition) is 1. The van der Waals surface area contributed by atoms with Crippen LogP contribution in [0.2, 0.25) is 0 Å². The molecule has 0 aliphatic carbocycles. The summed E-state index contributed by atoms with van der Waals surface area (Å²) in [4.78, 5) is 13.2. The van der Waals surface area contributed by atoms with Crippen LogP contribution in [-0.2, 0) is 6.54 Å². The zero-order chi connectivity index (χ0) is 8.72. The monoisotopic (exact) mass is 273 g/mol. The summed E-state index contributed by atoms with van der Waals surface area (Å²) < 4.78 is 1.18. The van der Waals surface area contributed by atoms with Gasteiger partial charge in [0, 0.05) is 22.7 Å². The van der Waals surface area contributed by atoms with Crippen molar-refractivity contribution >= 4 is 28.5 Å². The van der Waals surface area contributed by atoms with Crippen molar-refractivity contribution in [3.05, 3.63) is 32.9 Å². The molecule has 1 aromatic carbocycles. The molecule has 0 radical (unpaired) electrons. The van der Waals surface area contributed by atoms with Crippen molar-refractivity contribution in [2.24, 2.45) is 0 Å². The second kappa shape index (κ2) is 2.73. The van der Waals surface area contributed by atoms with Crippen molar-refractivity contribution in [1.29, 1.82) is 0 Å². The maximum Gasteiger partial charge on any atom is 0.254 e. The van der Waals surface area contributed by atoms with Gasteiger partial charge in [0.2, 0.25) is 0 Å². The number of amides is 1. The number of nitrogens with zero attached hydrogens (tertiary/aromatic N) is 1. The summed E-state index contributed by atoms with van der Waals surface area (Å²) >= 11 is 2.27. The number of fused-ring (bicyclic) bond motifs is 1. The van der Waals surface area contributed by atoms with Crippen LogP contribution in [0.1, 0.15) is 15.9 Å². The van der Waals surface area contributed by atoms with Crippen LogP contribution >= 0.6 is 22.6 Å². The molecule has 1 amide bonds. The first-order valence-electron chi connectivity index (χ1n) is 3.73. The maximum absolute atomic E-state index is 11.5. The fraction of sp³-hybridized carbons (Fsp3) is 0.222. The van der Waals surface area contributed by atoms with E-state index in [1.165, 1.54) is 9.13 Å². The summed E-state index contributed by atoms with van der Waals surface area (Å²) in [7, 11) is 1.83. The average molecular weight is 273 g/mol. The minimum Gasteiger partial charge on any atom is -0.337 e. The van der Waals surface area contributed by atoms with Crippen molar-refractivity contribution in [3.63, 3.8) is 0 Å². The zero-order valence-electron chi connectivity index (χ0n) is 6.67. The van der Waals surface area contributed by atoms with Gasteiger partial charge in [0.25, 0.3) is 5.91 Å². The molecule has 3 heteroatoms. The number of benzene rings is 1. The van der Waals surface area contributed by atoms with Crippen molar-refractivity contribution < 1.29 is 4.79 Å². The van der Waals surface area contributed by atoms with Crippen molar-refractivity contribution in [2.75, 3.05) is 7.05 Å². The Balaban J connectivity index is 2.61. The van der Waals surface area contributed by atoms with Gasteiger partial charge in [-0.25, -0.2) is 0 Å². The number of rotatable bonds is 0. The van der Waals surface area contributed by atoms with E-state index in [-0.39, 0.29) is 5.91 Å². The lowest BCUT2D eigenvalue weighted by molar-refractivity contribution is 0.0816. The lowest BCUT2D eigenvalue weighted by Crippen LogP contribution is -2.17. The first kappa shape index (κ1) is 8.04. The van der Waals surface area contributed by atoms with Gasteiger partial charge in [-0.2, -0.15) is 0 Å². The SMILES string of the molecule is CN1Cc2c(I)cccc2C1=O. The van der Waals surface area contributed by atoms with Gasteiger partial charge >= 0.3 is 0 Å². The van der Waals surface area contributed by atoms with Crippen LogP contribution in [0.3, 0.4) is 0 Å². The molecule has 1 heterocycles. The van der Waals surface area contributed by atoms with Crippen LogP contribution in [0.15, 0.2) is 18.2 Å². The number of hydrogen-bond donors (Lipinski definition) is 0. The van der Waals surface area contributed by atoms with Crippen molar-refractivity contribution in [3.8, 4) is 0 Å². The molecule has 2 rings (SSSR count). The standard InChI is InChI=1S/C9H8INO/c1-11-5-7-6(9(11)12)3-2-4-8(7)10/h2-4H,5H2,1H3.